The molecule has 0 radical (unpaired) electrons. The van der Waals surface area contributed by atoms with E-state index in [0.717, 1.165) is 23.3 Å². The number of aryl methyl sites for hydroxylation is 1. The Morgan fingerprint density at radius 1 is 1.05 bits per heavy atom. The van der Waals surface area contributed by atoms with E-state index in [9.17, 15) is 9.90 Å². The minimum absolute atomic E-state index is 0.297. The Hall–Kier alpha value is -1.31. The van der Waals surface area contributed by atoms with Crippen molar-refractivity contribution < 1.29 is 9.90 Å². The SMILES string of the molecule is Cc1cc(C(=O)O)cc(C23CC4CC(CC(C4)C2)C3)c1. The zero-order valence-corrected chi connectivity index (χ0v) is 12.1. The molecule has 1 N–H and O–H groups in total. The molecule has 0 atom stereocenters. The van der Waals surface area contributed by atoms with Crippen LogP contribution in [0.1, 0.15) is 60.0 Å². The Kier molecular flexibility index (Phi) is 2.55. The number of carboxylic acid groups (broad SMARTS) is 1. The van der Waals surface area contributed by atoms with E-state index in [-0.39, 0.29) is 0 Å². The summed E-state index contributed by atoms with van der Waals surface area (Å²) >= 11 is 0. The summed E-state index contributed by atoms with van der Waals surface area (Å²) in [6.45, 7) is 2.02. The molecule has 4 aliphatic rings. The maximum Gasteiger partial charge on any atom is 0.335 e. The number of benzene rings is 1. The summed E-state index contributed by atoms with van der Waals surface area (Å²) < 4.78 is 0. The van der Waals surface area contributed by atoms with Crippen LogP contribution < -0.4 is 0 Å². The van der Waals surface area contributed by atoms with Gasteiger partial charge in [-0.2, -0.15) is 0 Å². The van der Waals surface area contributed by atoms with Crippen LogP contribution in [-0.2, 0) is 5.41 Å². The minimum atomic E-state index is -0.792. The summed E-state index contributed by atoms with van der Waals surface area (Å²) in [7, 11) is 0. The fourth-order valence-corrected chi connectivity index (χ4v) is 5.68. The van der Waals surface area contributed by atoms with Gasteiger partial charge in [-0.15, -0.1) is 0 Å². The Morgan fingerprint density at radius 2 is 1.60 bits per heavy atom. The smallest absolute Gasteiger partial charge is 0.335 e. The Labute approximate surface area is 120 Å². The van der Waals surface area contributed by atoms with Crippen LogP contribution in [0, 0.1) is 24.7 Å². The van der Waals surface area contributed by atoms with Gasteiger partial charge in [-0.25, -0.2) is 4.79 Å². The van der Waals surface area contributed by atoms with Crippen LogP contribution in [0.2, 0.25) is 0 Å². The van der Waals surface area contributed by atoms with Gasteiger partial charge in [0.25, 0.3) is 0 Å². The topological polar surface area (TPSA) is 37.3 Å². The van der Waals surface area contributed by atoms with Gasteiger partial charge < -0.3 is 5.11 Å². The molecule has 2 heteroatoms. The van der Waals surface area contributed by atoms with Crippen molar-refractivity contribution in [2.24, 2.45) is 17.8 Å². The first-order valence-corrected chi connectivity index (χ1v) is 7.89. The van der Waals surface area contributed by atoms with E-state index in [4.69, 9.17) is 0 Å². The van der Waals surface area contributed by atoms with Gasteiger partial charge in [-0.3, -0.25) is 0 Å². The molecule has 0 aromatic heterocycles. The summed E-state index contributed by atoms with van der Waals surface area (Å²) in [6.07, 6.45) is 8.16. The van der Waals surface area contributed by atoms with Crippen molar-refractivity contribution >= 4 is 5.97 Å². The Morgan fingerprint density at radius 3 is 2.10 bits per heavy atom. The quantitative estimate of drug-likeness (QED) is 0.876. The maximum absolute atomic E-state index is 11.3. The third-order valence-corrected chi connectivity index (χ3v) is 5.97. The molecule has 4 saturated carbocycles. The van der Waals surface area contributed by atoms with Crippen molar-refractivity contribution in [3.8, 4) is 0 Å². The second-order valence-electron chi connectivity index (χ2n) is 7.59. The molecule has 0 amide bonds. The van der Waals surface area contributed by atoms with Crippen LogP contribution in [0.15, 0.2) is 18.2 Å². The van der Waals surface area contributed by atoms with Crippen LogP contribution in [-0.4, -0.2) is 11.1 Å². The largest absolute Gasteiger partial charge is 0.478 e. The number of rotatable bonds is 2. The normalized spacial score (nSPS) is 38.1. The van der Waals surface area contributed by atoms with Gasteiger partial charge in [0.15, 0.2) is 0 Å². The van der Waals surface area contributed by atoms with Gasteiger partial charge in [0.05, 0.1) is 5.56 Å². The standard InChI is InChI=1S/C18H22O2/c1-11-2-15(17(19)20)7-16(3-11)18-8-12-4-13(9-18)6-14(5-12)10-18/h2-3,7,12-14H,4-6,8-10H2,1H3,(H,19,20). The molecule has 4 bridgehead atoms. The van der Waals surface area contributed by atoms with Crippen LogP contribution in [0.25, 0.3) is 0 Å². The van der Waals surface area contributed by atoms with E-state index in [1.54, 1.807) is 6.07 Å². The maximum atomic E-state index is 11.3. The molecular weight excluding hydrogens is 248 g/mol. The molecule has 1 aromatic carbocycles. The van der Waals surface area contributed by atoms with Crippen LogP contribution in [0.5, 0.6) is 0 Å². The highest BCUT2D eigenvalue weighted by atomic mass is 16.4. The van der Waals surface area contributed by atoms with Gasteiger partial charge in [-0.05, 0) is 91.9 Å². The molecule has 0 unspecified atom stereocenters. The van der Waals surface area contributed by atoms with Gasteiger partial charge in [-0.1, -0.05) is 6.07 Å². The molecule has 2 nitrogen and oxygen atoms in total. The van der Waals surface area contributed by atoms with Crippen molar-refractivity contribution in [1.82, 2.24) is 0 Å². The summed E-state index contributed by atoms with van der Waals surface area (Å²) in [4.78, 5) is 11.3. The third-order valence-electron chi connectivity index (χ3n) is 5.97. The van der Waals surface area contributed by atoms with Gasteiger partial charge in [0, 0.05) is 0 Å². The lowest BCUT2D eigenvalue weighted by atomic mass is 9.48. The average molecular weight is 270 g/mol. The lowest BCUT2D eigenvalue weighted by molar-refractivity contribution is -0.00524. The van der Waals surface area contributed by atoms with E-state index in [1.807, 2.05) is 13.0 Å². The van der Waals surface area contributed by atoms with Crippen molar-refractivity contribution in [3.63, 3.8) is 0 Å². The summed E-state index contributed by atoms with van der Waals surface area (Å²) in [5, 5.41) is 9.32. The second-order valence-corrected chi connectivity index (χ2v) is 7.59. The van der Waals surface area contributed by atoms with Crippen LogP contribution in [0.3, 0.4) is 0 Å². The average Bonchev–Trinajstić information content (AvgIpc) is 2.36. The molecule has 0 aliphatic heterocycles. The molecule has 0 saturated heterocycles. The van der Waals surface area contributed by atoms with Crippen LogP contribution in [0.4, 0.5) is 0 Å². The first-order chi connectivity index (χ1) is 9.54. The third kappa shape index (κ3) is 1.81. The molecule has 20 heavy (non-hydrogen) atoms. The lowest BCUT2D eigenvalue weighted by Crippen LogP contribution is -2.48. The number of hydrogen-bond acceptors (Lipinski definition) is 1. The number of hydrogen-bond donors (Lipinski definition) is 1. The molecule has 5 rings (SSSR count). The summed E-state index contributed by atoms with van der Waals surface area (Å²) in [5.74, 6) is 1.90. The van der Waals surface area contributed by atoms with Crippen LogP contribution >= 0.6 is 0 Å². The highest BCUT2D eigenvalue weighted by Gasteiger charge is 2.51. The highest BCUT2D eigenvalue weighted by molar-refractivity contribution is 5.88. The fourth-order valence-electron chi connectivity index (χ4n) is 5.68. The minimum Gasteiger partial charge on any atom is -0.478 e. The zero-order chi connectivity index (χ0) is 13.9. The van der Waals surface area contributed by atoms with Gasteiger partial charge >= 0.3 is 5.97 Å². The van der Waals surface area contributed by atoms with Gasteiger partial charge in [0.1, 0.15) is 0 Å². The predicted octanol–water partition coefficient (Wildman–Crippen LogP) is 4.16. The highest BCUT2D eigenvalue weighted by Crippen LogP contribution is 2.60. The van der Waals surface area contributed by atoms with Crippen molar-refractivity contribution in [2.75, 3.05) is 0 Å². The zero-order valence-electron chi connectivity index (χ0n) is 12.1. The number of carboxylic acids is 1. The Balaban J connectivity index is 1.78. The van der Waals surface area contributed by atoms with Gasteiger partial charge in [0.2, 0.25) is 0 Å². The molecule has 0 heterocycles. The van der Waals surface area contributed by atoms with E-state index in [2.05, 4.69) is 6.07 Å². The number of carbonyl (C=O) groups is 1. The second kappa shape index (κ2) is 4.09. The van der Waals surface area contributed by atoms with Crippen molar-refractivity contribution in [2.45, 2.75) is 50.9 Å². The van der Waals surface area contributed by atoms with E-state index in [1.165, 1.54) is 44.1 Å². The molecule has 4 aliphatic carbocycles. The fraction of sp³-hybridized carbons (Fsp3) is 0.611. The summed E-state index contributed by atoms with van der Waals surface area (Å²) in [6, 6.07) is 6.01. The van der Waals surface area contributed by atoms with E-state index < -0.39 is 5.97 Å². The van der Waals surface area contributed by atoms with Crippen molar-refractivity contribution in [3.05, 3.63) is 34.9 Å². The monoisotopic (exact) mass is 270 g/mol. The summed E-state index contributed by atoms with van der Waals surface area (Å²) in [5.41, 5.74) is 3.17. The van der Waals surface area contributed by atoms with E-state index >= 15 is 0 Å². The molecule has 0 spiro atoms. The Bertz CT molecular complexity index is 537. The first kappa shape index (κ1) is 12.4. The number of aromatic carboxylic acids is 1. The predicted molar refractivity (Wildman–Crippen MR) is 78.0 cm³/mol. The molecule has 106 valence electrons. The van der Waals surface area contributed by atoms with Crippen molar-refractivity contribution in [1.29, 1.82) is 0 Å². The lowest BCUT2D eigenvalue weighted by Gasteiger charge is -2.57. The first-order valence-electron chi connectivity index (χ1n) is 7.89. The molecule has 1 aromatic rings. The molecular formula is C18H22O2. The molecule has 4 fully saturated rings. The van der Waals surface area contributed by atoms with E-state index in [0.29, 0.717) is 11.0 Å².